The number of Topliss-reactive ketones (excluding diaryl/α,β-unsaturated/α-hetero) is 2. The van der Waals surface area contributed by atoms with E-state index in [0.29, 0.717) is 82.7 Å². The number of piperidine rings is 1. The summed E-state index contributed by atoms with van der Waals surface area (Å²) in [6.07, 6.45) is 12.7. The standard InChI is InChI=1S/C59H88N4O14/c1-36-18-12-11-13-19-37(2)49(72-8)34-45-24-22-42(7)59(70,77-45)55(66)56(67)63-29-17-15-21-47(63)57(68)75-50(35-46(62-71)38(3)31-41(6)53(65)54(74-10)52(64)40(5)30-36)39(4)32-43-23-25-48(51(33-43)73-9)76-58(69)61-28-26-44-20-14-16-27-60-44/h11-14,16,18-20,27,31,36,38-40,42-43,45,47-51,53-54,65,70-71H,15,17,21-26,28-30,32-35H2,1-10H3,(H,61,69)/b13-11+,18-12-,37-19+,41-31+,62-46-/t36-,38-,39-,40-,42-,43+,45+,47+,48-,49+,50+,51-,53-,54+,59-/m1/s1. The van der Waals surface area contributed by atoms with E-state index in [9.17, 15) is 39.4 Å². The fourth-order valence-electron chi connectivity index (χ4n) is 11.4. The summed E-state index contributed by atoms with van der Waals surface area (Å²) < 4.78 is 35.9. The molecule has 1 aromatic rings. The summed E-state index contributed by atoms with van der Waals surface area (Å²) in [6.45, 7) is 13.2. The third-order valence-corrected chi connectivity index (χ3v) is 16.2. The number of hydrogen-bond acceptors (Lipinski definition) is 16. The lowest BCUT2D eigenvalue weighted by Crippen LogP contribution is -2.61. The van der Waals surface area contributed by atoms with Gasteiger partial charge in [-0.05, 0) is 119 Å². The van der Waals surface area contributed by atoms with Crippen LogP contribution in [0.2, 0.25) is 0 Å². The number of nitrogens with one attached hydrogen (secondary N) is 1. The lowest BCUT2D eigenvalue weighted by atomic mass is 9.78. The maximum Gasteiger partial charge on any atom is 0.407 e. The number of aliphatic hydroxyl groups is 2. The number of carbonyl (C=O) groups excluding carboxylic acids is 5. The molecular weight excluding hydrogens is 989 g/mol. The second-order valence-electron chi connectivity index (χ2n) is 22.1. The van der Waals surface area contributed by atoms with Gasteiger partial charge >= 0.3 is 12.1 Å². The molecule has 15 atom stereocenters. The topological polar surface area (TPSA) is 242 Å². The number of fused-ring (bicyclic) bond motifs is 3. The molecule has 18 nitrogen and oxygen atoms in total. The fraction of sp³-hybridized carbons (Fsp3) is 0.678. The van der Waals surface area contributed by atoms with Crippen LogP contribution in [0.4, 0.5) is 4.79 Å². The molecule has 77 heavy (non-hydrogen) atoms. The third-order valence-electron chi connectivity index (χ3n) is 16.2. The maximum atomic E-state index is 14.7. The molecule has 2 amide bonds. The predicted octanol–water partition coefficient (Wildman–Crippen LogP) is 7.81. The highest BCUT2D eigenvalue weighted by Gasteiger charge is 2.53. The van der Waals surface area contributed by atoms with Crippen molar-refractivity contribution in [3.05, 3.63) is 77.7 Å². The van der Waals surface area contributed by atoms with E-state index in [1.807, 2.05) is 76.3 Å². The minimum atomic E-state index is -2.46. The van der Waals surface area contributed by atoms with Crippen LogP contribution < -0.4 is 5.32 Å². The van der Waals surface area contributed by atoms with Crippen molar-refractivity contribution in [2.45, 2.75) is 186 Å². The van der Waals surface area contributed by atoms with Crippen LogP contribution in [0.1, 0.15) is 131 Å². The van der Waals surface area contributed by atoms with Gasteiger partial charge in [0.15, 0.2) is 5.78 Å². The molecule has 5 rings (SSSR count). The summed E-state index contributed by atoms with van der Waals surface area (Å²) in [5.74, 6) is -7.81. The second-order valence-corrected chi connectivity index (χ2v) is 22.1. The van der Waals surface area contributed by atoms with Gasteiger partial charge < -0.3 is 54.1 Å². The number of aliphatic hydroxyl groups excluding tert-OH is 1. The van der Waals surface area contributed by atoms with E-state index < -0.39 is 96.1 Å². The quantitative estimate of drug-likeness (QED) is 0.0574. The number of rotatable bonds is 10. The van der Waals surface area contributed by atoms with Gasteiger partial charge in [0.05, 0.1) is 24.0 Å². The van der Waals surface area contributed by atoms with Crippen molar-refractivity contribution in [1.82, 2.24) is 15.2 Å². The van der Waals surface area contributed by atoms with Crippen LogP contribution >= 0.6 is 0 Å². The van der Waals surface area contributed by atoms with Gasteiger partial charge in [0.25, 0.3) is 11.7 Å². The molecule has 1 aromatic heterocycles. The Balaban J connectivity index is 1.43. The Labute approximate surface area is 456 Å². The van der Waals surface area contributed by atoms with E-state index in [-0.39, 0.29) is 48.6 Å². The van der Waals surface area contributed by atoms with Crippen molar-refractivity contribution < 1.29 is 67.8 Å². The van der Waals surface area contributed by atoms with E-state index >= 15 is 0 Å². The van der Waals surface area contributed by atoms with E-state index in [2.05, 4.69) is 15.5 Å². The number of pyridine rings is 1. The molecule has 428 valence electrons. The molecule has 4 aliphatic rings. The number of amides is 2. The highest BCUT2D eigenvalue weighted by atomic mass is 16.6. The van der Waals surface area contributed by atoms with E-state index in [0.717, 1.165) is 11.3 Å². The van der Waals surface area contributed by atoms with Crippen LogP contribution in [0.15, 0.2) is 77.2 Å². The predicted molar refractivity (Wildman–Crippen MR) is 290 cm³/mol. The average Bonchev–Trinajstić information content (AvgIpc) is 3.43. The number of nitrogens with zero attached hydrogens (tertiary/aromatic N) is 3. The molecular formula is C59H88N4O14. The van der Waals surface area contributed by atoms with Crippen LogP contribution in [-0.4, -0.2) is 150 Å². The van der Waals surface area contributed by atoms with Gasteiger partial charge in [-0.3, -0.25) is 19.4 Å². The number of hydrogen-bond donors (Lipinski definition) is 4. The minimum absolute atomic E-state index is 0.00270. The van der Waals surface area contributed by atoms with Crippen molar-refractivity contribution in [3.63, 3.8) is 0 Å². The maximum absolute atomic E-state index is 14.7. The van der Waals surface area contributed by atoms with Crippen molar-refractivity contribution in [2.75, 3.05) is 34.4 Å². The van der Waals surface area contributed by atoms with Gasteiger partial charge in [0, 0.05) is 83.3 Å². The zero-order valence-electron chi connectivity index (χ0n) is 47.1. The van der Waals surface area contributed by atoms with Crippen LogP contribution in [0.25, 0.3) is 0 Å². The number of oxime groups is 1. The molecule has 0 aromatic carbocycles. The molecule has 4 heterocycles. The molecule has 2 saturated heterocycles. The Bertz CT molecular complexity index is 2270. The van der Waals surface area contributed by atoms with Gasteiger partial charge in [0.2, 0.25) is 5.79 Å². The number of alkyl carbamates (subject to hydrolysis) is 1. The third kappa shape index (κ3) is 17.4. The number of carbonyl (C=O) groups is 5. The first-order valence-electron chi connectivity index (χ1n) is 27.8. The number of methoxy groups -OCH3 is 3. The first kappa shape index (κ1) is 62.7. The molecule has 1 aliphatic carbocycles. The van der Waals surface area contributed by atoms with Gasteiger partial charge in [-0.25, -0.2) is 9.59 Å². The van der Waals surface area contributed by atoms with Gasteiger partial charge in [0.1, 0.15) is 30.5 Å². The Morgan fingerprint density at radius 3 is 2.38 bits per heavy atom. The average molecular weight is 1080 g/mol. The number of esters is 1. The van der Waals surface area contributed by atoms with Crippen molar-refractivity contribution in [3.8, 4) is 0 Å². The zero-order chi connectivity index (χ0) is 56.4. The van der Waals surface area contributed by atoms with E-state index in [4.69, 9.17) is 28.4 Å². The minimum Gasteiger partial charge on any atom is -0.460 e. The van der Waals surface area contributed by atoms with Crippen LogP contribution in [0.3, 0.4) is 0 Å². The lowest BCUT2D eigenvalue weighted by molar-refractivity contribution is -0.265. The number of ether oxygens (including phenoxy) is 6. The highest BCUT2D eigenvalue weighted by molar-refractivity contribution is 6.39. The van der Waals surface area contributed by atoms with Crippen molar-refractivity contribution in [1.29, 1.82) is 0 Å². The Morgan fingerprint density at radius 1 is 0.922 bits per heavy atom. The first-order chi connectivity index (χ1) is 36.7. The smallest absolute Gasteiger partial charge is 0.407 e. The van der Waals surface area contributed by atoms with Crippen LogP contribution in [0, 0.1) is 35.5 Å². The molecule has 18 heteroatoms. The number of ketones is 2. The van der Waals surface area contributed by atoms with Gasteiger partial charge in [-0.15, -0.1) is 0 Å². The summed E-state index contributed by atoms with van der Waals surface area (Å²) in [6, 6.07) is 4.43. The number of cyclic esters (lactones) is 1. The summed E-state index contributed by atoms with van der Waals surface area (Å²) in [5.41, 5.74) is 2.35. The molecule has 2 bridgehead atoms. The normalized spacial score (nSPS) is 36.3. The Kier molecular flexibility index (Phi) is 24.7. The summed E-state index contributed by atoms with van der Waals surface area (Å²) >= 11 is 0. The van der Waals surface area contributed by atoms with Crippen LogP contribution in [0.5, 0.6) is 0 Å². The van der Waals surface area contributed by atoms with Crippen molar-refractivity contribution >= 4 is 35.2 Å². The first-order valence-corrected chi connectivity index (χ1v) is 27.8. The summed E-state index contributed by atoms with van der Waals surface area (Å²) in [5, 5.41) is 40.8. The van der Waals surface area contributed by atoms with Gasteiger partial charge in [-0.2, -0.15) is 0 Å². The molecule has 4 N–H and O–H groups in total. The SMILES string of the molecule is CO[C@H]1C[C@@H]2CC[C@@H](C)[C@@](O)(O2)C(=O)C(=O)N2CCCC[C@H]2C(=O)O[C@H]([C@H](C)C[C@@H]2CC[C@@H](OC(=O)NCCc3ccccn3)[C@H](OC)C2)C/C(=N/O)[C@H](C)/C=C(\C)[C@@H](O)[C@@H](OC)C(=O)[C@H](C)C[C@H](C)\C=C/C=C/C=C/1C. The monoisotopic (exact) mass is 1080 g/mol. The Morgan fingerprint density at radius 2 is 1.69 bits per heavy atom. The van der Waals surface area contributed by atoms with Crippen LogP contribution in [-0.2, 0) is 54.0 Å². The number of allylic oxidation sites excluding steroid dienone is 6. The second kappa shape index (κ2) is 30.3. The largest absolute Gasteiger partial charge is 0.460 e. The van der Waals surface area contributed by atoms with Gasteiger partial charge in [-0.1, -0.05) is 82.3 Å². The molecule has 0 spiro atoms. The molecule has 0 unspecified atom stereocenters. The van der Waals surface area contributed by atoms with E-state index in [1.54, 1.807) is 47.3 Å². The molecule has 3 aliphatic heterocycles. The fourth-order valence-corrected chi connectivity index (χ4v) is 11.4. The summed E-state index contributed by atoms with van der Waals surface area (Å²) in [7, 11) is 4.53. The zero-order valence-corrected chi connectivity index (χ0v) is 47.1. The van der Waals surface area contributed by atoms with Crippen molar-refractivity contribution in [2.24, 2.45) is 40.7 Å². The summed E-state index contributed by atoms with van der Waals surface area (Å²) in [4.78, 5) is 75.8. The number of aromatic nitrogens is 1. The molecule has 1 saturated carbocycles. The Hall–Kier alpha value is -5.11. The lowest BCUT2D eigenvalue weighted by Gasteiger charge is -2.42. The van der Waals surface area contributed by atoms with E-state index in [1.165, 1.54) is 12.0 Å². The highest BCUT2D eigenvalue weighted by Crippen LogP contribution is 2.38. The molecule has 3 fully saturated rings. The molecule has 0 radical (unpaired) electrons.